The van der Waals surface area contributed by atoms with E-state index in [9.17, 15) is 19.7 Å². The number of esters is 1. The molecule has 0 unspecified atom stereocenters. The van der Waals surface area contributed by atoms with Crippen LogP contribution in [-0.2, 0) is 9.53 Å². The van der Waals surface area contributed by atoms with Crippen molar-refractivity contribution in [1.29, 1.82) is 0 Å². The van der Waals surface area contributed by atoms with Crippen LogP contribution in [0.4, 0.5) is 11.4 Å². The molecule has 0 aliphatic rings. The molecule has 0 spiro atoms. The number of nitro benzene ring substituents is 1. The lowest BCUT2D eigenvalue weighted by Gasteiger charge is -2.14. The van der Waals surface area contributed by atoms with Crippen molar-refractivity contribution in [1.82, 2.24) is 0 Å². The summed E-state index contributed by atoms with van der Waals surface area (Å²) in [7, 11) is 1.33. The molecule has 1 amide bonds. The lowest BCUT2D eigenvalue weighted by molar-refractivity contribution is -0.384. The van der Waals surface area contributed by atoms with Crippen LogP contribution < -0.4 is 10.1 Å². The summed E-state index contributed by atoms with van der Waals surface area (Å²) in [5.74, 6) is -1.03. The average Bonchev–Trinajstić information content (AvgIpc) is 3.01. The van der Waals surface area contributed by atoms with Gasteiger partial charge in [0.1, 0.15) is 10.6 Å². The molecule has 0 saturated carbocycles. The Morgan fingerprint density at radius 2 is 2.00 bits per heavy atom. The first-order valence-electron chi connectivity index (χ1n) is 7.22. The normalized spacial score (nSPS) is 11.5. The molecule has 0 aliphatic carbocycles. The van der Waals surface area contributed by atoms with Gasteiger partial charge in [0.15, 0.2) is 6.10 Å². The van der Waals surface area contributed by atoms with Crippen LogP contribution in [0.25, 0.3) is 0 Å². The Bertz CT molecular complexity index is 817. The number of ether oxygens (including phenoxy) is 2. The van der Waals surface area contributed by atoms with E-state index in [1.165, 1.54) is 43.6 Å². The van der Waals surface area contributed by atoms with Crippen molar-refractivity contribution in [2.45, 2.75) is 20.0 Å². The van der Waals surface area contributed by atoms with E-state index in [4.69, 9.17) is 9.47 Å². The molecule has 1 N–H and O–H groups in total. The minimum absolute atomic E-state index is 0.134. The molecular weight excluding hydrogens is 348 g/mol. The van der Waals surface area contributed by atoms with E-state index >= 15 is 0 Å². The summed E-state index contributed by atoms with van der Waals surface area (Å²) >= 11 is 1.27. The van der Waals surface area contributed by atoms with Crippen molar-refractivity contribution >= 4 is 34.6 Å². The Kier molecular flexibility index (Phi) is 5.71. The Balaban J connectivity index is 2.05. The largest absolute Gasteiger partial charge is 0.494 e. The van der Waals surface area contributed by atoms with Crippen LogP contribution in [0.2, 0.25) is 0 Å². The Morgan fingerprint density at radius 3 is 2.56 bits per heavy atom. The van der Waals surface area contributed by atoms with Crippen molar-refractivity contribution < 1.29 is 24.0 Å². The molecule has 25 heavy (non-hydrogen) atoms. The molecule has 1 atom stereocenters. The predicted molar refractivity (Wildman–Crippen MR) is 92.2 cm³/mol. The lowest BCUT2D eigenvalue weighted by atomic mass is 10.2. The van der Waals surface area contributed by atoms with Gasteiger partial charge in [-0.15, -0.1) is 11.3 Å². The van der Waals surface area contributed by atoms with E-state index in [0.29, 0.717) is 4.88 Å². The number of aryl methyl sites for hydroxylation is 1. The van der Waals surface area contributed by atoms with E-state index < -0.39 is 22.9 Å². The highest BCUT2D eigenvalue weighted by molar-refractivity contribution is 7.13. The number of methoxy groups -OCH3 is 1. The van der Waals surface area contributed by atoms with Gasteiger partial charge in [0.25, 0.3) is 11.6 Å². The second-order valence-corrected chi connectivity index (χ2v) is 6.38. The number of amides is 1. The molecule has 1 heterocycles. The van der Waals surface area contributed by atoms with E-state index in [1.807, 2.05) is 6.92 Å². The third-order valence-corrected chi connectivity index (χ3v) is 4.23. The summed E-state index contributed by atoms with van der Waals surface area (Å²) in [5, 5.41) is 13.3. The number of carbonyl (C=O) groups excluding carboxylic acids is 2. The van der Waals surface area contributed by atoms with Crippen molar-refractivity contribution in [3.63, 3.8) is 0 Å². The number of benzene rings is 1. The first kappa shape index (κ1) is 18.4. The van der Waals surface area contributed by atoms with E-state index in [1.54, 1.807) is 12.1 Å². The van der Waals surface area contributed by atoms with E-state index in [0.717, 1.165) is 4.88 Å². The molecular formula is C16H16N2O6S. The number of nitrogens with one attached hydrogen (secondary N) is 1. The van der Waals surface area contributed by atoms with Gasteiger partial charge in [-0.3, -0.25) is 14.9 Å². The van der Waals surface area contributed by atoms with Crippen LogP contribution in [0.3, 0.4) is 0 Å². The molecule has 0 bridgehead atoms. The fraction of sp³-hybridized carbons (Fsp3) is 0.250. The van der Waals surface area contributed by atoms with Gasteiger partial charge in [0.2, 0.25) is 0 Å². The number of carbonyl (C=O) groups is 2. The molecule has 2 aromatic rings. The second kappa shape index (κ2) is 7.75. The Hall–Kier alpha value is -2.94. The van der Waals surface area contributed by atoms with Gasteiger partial charge in [0, 0.05) is 10.9 Å². The van der Waals surface area contributed by atoms with Crippen LogP contribution >= 0.6 is 11.3 Å². The zero-order chi connectivity index (χ0) is 18.6. The van der Waals surface area contributed by atoms with Gasteiger partial charge in [-0.25, -0.2) is 4.79 Å². The smallest absolute Gasteiger partial charge is 0.349 e. The minimum Gasteiger partial charge on any atom is -0.494 e. The van der Waals surface area contributed by atoms with Gasteiger partial charge in [-0.1, -0.05) is 0 Å². The molecule has 0 aliphatic heterocycles. The number of thiophene rings is 1. The highest BCUT2D eigenvalue weighted by Gasteiger charge is 2.21. The fourth-order valence-electron chi connectivity index (χ4n) is 1.95. The van der Waals surface area contributed by atoms with E-state index in [-0.39, 0.29) is 17.1 Å². The van der Waals surface area contributed by atoms with Crippen LogP contribution in [-0.4, -0.2) is 30.0 Å². The second-order valence-electron chi connectivity index (χ2n) is 5.09. The molecule has 1 aromatic carbocycles. The van der Waals surface area contributed by atoms with Crippen LogP contribution in [0.15, 0.2) is 30.3 Å². The van der Waals surface area contributed by atoms with Crippen LogP contribution in [0.1, 0.15) is 21.5 Å². The van der Waals surface area contributed by atoms with Crippen molar-refractivity contribution in [2.75, 3.05) is 12.4 Å². The SMILES string of the molecule is COc1cc([N+](=O)[O-])ccc1NC(=O)[C@@H](C)OC(=O)c1ccc(C)s1. The number of anilines is 1. The molecule has 132 valence electrons. The Labute approximate surface area is 147 Å². The zero-order valence-electron chi connectivity index (χ0n) is 13.8. The monoisotopic (exact) mass is 364 g/mol. The summed E-state index contributed by atoms with van der Waals surface area (Å²) < 4.78 is 10.2. The maximum absolute atomic E-state index is 12.2. The molecule has 1 aromatic heterocycles. The minimum atomic E-state index is -1.05. The van der Waals surface area contributed by atoms with Gasteiger partial charge >= 0.3 is 5.97 Å². The van der Waals surface area contributed by atoms with Crippen molar-refractivity contribution in [3.05, 3.63) is 50.2 Å². The fourth-order valence-corrected chi connectivity index (χ4v) is 2.70. The maximum atomic E-state index is 12.2. The molecule has 8 nitrogen and oxygen atoms in total. The quantitative estimate of drug-likeness (QED) is 0.479. The average molecular weight is 364 g/mol. The third kappa shape index (κ3) is 4.54. The molecule has 0 radical (unpaired) electrons. The molecule has 0 fully saturated rings. The van der Waals surface area contributed by atoms with Gasteiger partial charge in [-0.05, 0) is 32.0 Å². The maximum Gasteiger partial charge on any atom is 0.349 e. The lowest BCUT2D eigenvalue weighted by Crippen LogP contribution is -2.29. The first-order chi connectivity index (χ1) is 11.8. The number of hydrogen-bond acceptors (Lipinski definition) is 7. The summed E-state index contributed by atoms with van der Waals surface area (Å²) in [6.07, 6.45) is -1.05. The van der Waals surface area contributed by atoms with Gasteiger partial charge in [-0.2, -0.15) is 0 Å². The summed E-state index contributed by atoms with van der Waals surface area (Å²) in [6.45, 7) is 3.30. The highest BCUT2D eigenvalue weighted by atomic mass is 32.1. The highest BCUT2D eigenvalue weighted by Crippen LogP contribution is 2.29. The van der Waals surface area contributed by atoms with E-state index in [2.05, 4.69) is 5.32 Å². The van der Waals surface area contributed by atoms with Crippen molar-refractivity contribution in [3.8, 4) is 5.75 Å². The summed E-state index contributed by atoms with van der Waals surface area (Å²) in [5.41, 5.74) is 0.0790. The standard InChI is InChI=1S/C16H16N2O6S/c1-9-4-7-14(25-9)16(20)24-10(2)15(19)17-12-6-5-11(18(21)22)8-13(12)23-3/h4-8,10H,1-3H3,(H,17,19)/t10-/m1/s1. The molecule has 2 rings (SSSR count). The van der Waals surface area contributed by atoms with Crippen LogP contribution in [0.5, 0.6) is 5.75 Å². The molecule has 9 heteroatoms. The number of nitrogens with zero attached hydrogens (tertiary/aromatic N) is 1. The van der Waals surface area contributed by atoms with Crippen LogP contribution in [0, 0.1) is 17.0 Å². The topological polar surface area (TPSA) is 108 Å². The Morgan fingerprint density at radius 1 is 1.28 bits per heavy atom. The summed E-state index contributed by atoms with van der Waals surface area (Å²) in [4.78, 5) is 35.7. The zero-order valence-corrected chi connectivity index (χ0v) is 14.6. The van der Waals surface area contributed by atoms with Gasteiger partial charge in [0.05, 0.1) is 23.8 Å². The van der Waals surface area contributed by atoms with Crippen molar-refractivity contribution in [2.24, 2.45) is 0 Å². The number of nitro groups is 1. The molecule has 0 saturated heterocycles. The predicted octanol–water partition coefficient (Wildman–Crippen LogP) is 3.16. The summed E-state index contributed by atoms with van der Waals surface area (Å²) in [6, 6.07) is 7.20. The number of hydrogen-bond donors (Lipinski definition) is 1. The third-order valence-electron chi connectivity index (χ3n) is 3.25. The number of rotatable bonds is 6. The number of non-ortho nitro benzene ring substituents is 1. The van der Waals surface area contributed by atoms with Gasteiger partial charge < -0.3 is 14.8 Å². The first-order valence-corrected chi connectivity index (χ1v) is 8.04.